The Hall–Kier alpha value is -0.930. The number of fused-ring (bicyclic) bond motifs is 1. The Labute approximate surface area is 94.1 Å². The fraction of sp³-hybridized carbons (Fsp3) is 0.455. The van der Waals surface area contributed by atoms with Crippen molar-refractivity contribution in [3.63, 3.8) is 0 Å². The van der Waals surface area contributed by atoms with Gasteiger partial charge in [-0.15, -0.1) is 0 Å². The molecule has 2 N–H and O–H groups in total. The van der Waals surface area contributed by atoms with Gasteiger partial charge in [-0.05, 0) is 37.1 Å². The van der Waals surface area contributed by atoms with Gasteiger partial charge in [0.1, 0.15) is 13.2 Å². The summed E-state index contributed by atoms with van der Waals surface area (Å²) in [4.78, 5) is 0. The highest BCUT2D eigenvalue weighted by atomic mass is 35.5. The fourth-order valence-corrected chi connectivity index (χ4v) is 1.97. The maximum Gasteiger partial charge on any atom is 0.180 e. The number of benzene rings is 1. The lowest BCUT2D eigenvalue weighted by molar-refractivity contribution is 0.171. The first-order valence-electron chi connectivity index (χ1n) is 5.01. The van der Waals surface area contributed by atoms with Gasteiger partial charge in [0.05, 0.1) is 5.02 Å². The highest BCUT2D eigenvalue weighted by Gasteiger charge is 2.19. The summed E-state index contributed by atoms with van der Waals surface area (Å²) in [5, 5.41) is 0.649. The molecule has 1 aliphatic rings. The number of hydrogen-bond donors (Lipinski definition) is 1. The van der Waals surface area contributed by atoms with Crippen LogP contribution in [0.3, 0.4) is 0 Å². The molecule has 2 rings (SSSR count). The van der Waals surface area contributed by atoms with Gasteiger partial charge in [-0.1, -0.05) is 11.6 Å². The van der Waals surface area contributed by atoms with Crippen LogP contribution in [0.25, 0.3) is 0 Å². The van der Waals surface area contributed by atoms with Crippen molar-refractivity contribution in [2.24, 2.45) is 5.73 Å². The molecule has 1 heterocycles. The summed E-state index contributed by atoms with van der Waals surface area (Å²) in [5.74, 6) is 1.40. The molecule has 0 unspecified atom stereocenters. The fourth-order valence-electron chi connectivity index (χ4n) is 1.70. The van der Waals surface area contributed by atoms with E-state index >= 15 is 0 Å². The molecule has 3 nitrogen and oxygen atoms in total. The molecule has 0 aliphatic carbocycles. The highest BCUT2D eigenvalue weighted by molar-refractivity contribution is 6.33. The number of rotatable bonds is 2. The topological polar surface area (TPSA) is 44.5 Å². The van der Waals surface area contributed by atoms with Crippen molar-refractivity contribution in [1.29, 1.82) is 0 Å². The summed E-state index contributed by atoms with van der Waals surface area (Å²) in [5.41, 5.74) is 7.71. The second kappa shape index (κ2) is 4.29. The van der Waals surface area contributed by atoms with Crippen LogP contribution in [0.15, 0.2) is 6.07 Å². The zero-order valence-corrected chi connectivity index (χ0v) is 9.43. The summed E-state index contributed by atoms with van der Waals surface area (Å²) in [7, 11) is 0. The van der Waals surface area contributed by atoms with Crippen molar-refractivity contribution in [1.82, 2.24) is 0 Å². The van der Waals surface area contributed by atoms with Crippen molar-refractivity contribution < 1.29 is 9.47 Å². The Balaban J connectivity index is 2.47. The molecule has 0 bridgehead atoms. The number of ether oxygens (including phenoxy) is 2. The van der Waals surface area contributed by atoms with Crippen LogP contribution in [-0.2, 0) is 6.42 Å². The Morgan fingerprint density at radius 3 is 2.87 bits per heavy atom. The number of nitrogens with two attached hydrogens (primary N) is 1. The van der Waals surface area contributed by atoms with Crippen molar-refractivity contribution in [2.75, 3.05) is 19.8 Å². The third kappa shape index (κ3) is 1.90. The second-order valence-electron chi connectivity index (χ2n) is 3.54. The Morgan fingerprint density at radius 2 is 2.13 bits per heavy atom. The SMILES string of the molecule is Cc1c(CCN)cc2c(c1Cl)OCCO2. The maximum absolute atomic E-state index is 6.21. The molecule has 0 atom stereocenters. The summed E-state index contributed by atoms with van der Waals surface area (Å²) in [6.45, 7) is 3.72. The molecule has 0 spiro atoms. The van der Waals surface area contributed by atoms with Crippen LogP contribution in [0.5, 0.6) is 11.5 Å². The normalized spacial score (nSPS) is 14.1. The zero-order chi connectivity index (χ0) is 10.8. The van der Waals surface area contributed by atoms with Gasteiger partial charge in [-0.3, -0.25) is 0 Å². The van der Waals surface area contributed by atoms with E-state index in [9.17, 15) is 0 Å². The first-order valence-corrected chi connectivity index (χ1v) is 5.39. The van der Waals surface area contributed by atoms with Crippen LogP contribution >= 0.6 is 11.6 Å². The molecule has 0 saturated heterocycles. The third-order valence-corrected chi connectivity index (χ3v) is 3.00. The summed E-state index contributed by atoms with van der Waals surface area (Å²) < 4.78 is 11.0. The van der Waals surface area contributed by atoms with Gasteiger partial charge >= 0.3 is 0 Å². The molecule has 0 fully saturated rings. The van der Waals surface area contributed by atoms with E-state index in [0.29, 0.717) is 30.5 Å². The Kier molecular flexibility index (Phi) is 3.03. The third-order valence-electron chi connectivity index (χ3n) is 2.54. The largest absolute Gasteiger partial charge is 0.486 e. The smallest absolute Gasteiger partial charge is 0.180 e. The van der Waals surface area contributed by atoms with Crippen molar-refractivity contribution in [2.45, 2.75) is 13.3 Å². The summed E-state index contributed by atoms with van der Waals surface area (Å²) in [6, 6.07) is 1.97. The molecular formula is C11H14ClNO2. The molecule has 0 saturated carbocycles. The van der Waals surface area contributed by atoms with Gasteiger partial charge in [0.15, 0.2) is 11.5 Å². The number of hydrogen-bond acceptors (Lipinski definition) is 3. The summed E-state index contributed by atoms with van der Waals surface area (Å²) in [6.07, 6.45) is 0.808. The minimum absolute atomic E-state index is 0.558. The quantitative estimate of drug-likeness (QED) is 0.840. The minimum atomic E-state index is 0.558. The van der Waals surface area contributed by atoms with Gasteiger partial charge in [0.2, 0.25) is 0 Å². The molecule has 0 radical (unpaired) electrons. The maximum atomic E-state index is 6.21. The molecule has 15 heavy (non-hydrogen) atoms. The molecule has 82 valence electrons. The van der Waals surface area contributed by atoms with E-state index in [1.54, 1.807) is 0 Å². The van der Waals surface area contributed by atoms with E-state index in [4.69, 9.17) is 26.8 Å². The van der Waals surface area contributed by atoms with Crippen LogP contribution in [-0.4, -0.2) is 19.8 Å². The first-order chi connectivity index (χ1) is 7.24. The van der Waals surface area contributed by atoms with E-state index in [-0.39, 0.29) is 0 Å². The molecule has 1 aliphatic heterocycles. The lowest BCUT2D eigenvalue weighted by atomic mass is 10.0. The van der Waals surface area contributed by atoms with Crippen molar-refractivity contribution in [3.05, 3.63) is 22.2 Å². The monoisotopic (exact) mass is 227 g/mol. The van der Waals surface area contributed by atoms with Gasteiger partial charge in [-0.2, -0.15) is 0 Å². The van der Waals surface area contributed by atoms with E-state index in [1.165, 1.54) is 0 Å². The average molecular weight is 228 g/mol. The van der Waals surface area contributed by atoms with Crippen LogP contribution in [0, 0.1) is 6.92 Å². The van der Waals surface area contributed by atoms with Crippen molar-refractivity contribution >= 4 is 11.6 Å². The van der Waals surface area contributed by atoms with E-state index in [2.05, 4.69) is 0 Å². The molecule has 1 aromatic rings. The predicted octanol–water partition coefficient (Wildman–Crippen LogP) is 1.92. The first kappa shape index (κ1) is 10.6. The average Bonchev–Trinajstić information content (AvgIpc) is 2.26. The molecule has 0 aromatic heterocycles. The lowest BCUT2D eigenvalue weighted by Crippen LogP contribution is -2.16. The zero-order valence-electron chi connectivity index (χ0n) is 8.68. The summed E-state index contributed by atoms with van der Waals surface area (Å²) >= 11 is 6.21. The standard InChI is InChI=1S/C11H14ClNO2/c1-7-8(2-3-13)6-9-11(10(7)12)15-5-4-14-9/h6H,2-5,13H2,1H3. The van der Waals surface area contributed by atoms with Crippen LogP contribution in [0.2, 0.25) is 5.02 Å². The molecule has 1 aromatic carbocycles. The second-order valence-corrected chi connectivity index (χ2v) is 3.92. The van der Waals surface area contributed by atoms with Crippen LogP contribution < -0.4 is 15.2 Å². The number of halogens is 1. The highest BCUT2D eigenvalue weighted by Crippen LogP contribution is 2.41. The van der Waals surface area contributed by atoms with E-state index < -0.39 is 0 Å². The molecule has 0 amide bonds. The Morgan fingerprint density at radius 1 is 1.40 bits per heavy atom. The predicted molar refractivity (Wildman–Crippen MR) is 59.9 cm³/mol. The van der Waals surface area contributed by atoms with Crippen molar-refractivity contribution in [3.8, 4) is 11.5 Å². The van der Waals surface area contributed by atoms with E-state index in [0.717, 1.165) is 23.3 Å². The van der Waals surface area contributed by atoms with Gasteiger partial charge < -0.3 is 15.2 Å². The van der Waals surface area contributed by atoms with Gasteiger partial charge in [-0.25, -0.2) is 0 Å². The lowest BCUT2D eigenvalue weighted by Gasteiger charge is -2.22. The minimum Gasteiger partial charge on any atom is -0.486 e. The molecular weight excluding hydrogens is 214 g/mol. The van der Waals surface area contributed by atoms with E-state index in [1.807, 2.05) is 13.0 Å². The van der Waals surface area contributed by atoms with Gasteiger partial charge in [0.25, 0.3) is 0 Å². The van der Waals surface area contributed by atoms with Crippen LogP contribution in [0.1, 0.15) is 11.1 Å². The molecule has 4 heteroatoms. The van der Waals surface area contributed by atoms with Crippen LogP contribution in [0.4, 0.5) is 0 Å². The Bertz CT molecular complexity index is 379. The van der Waals surface area contributed by atoms with Gasteiger partial charge in [0, 0.05) is 0 Å².